The van der Waals surface area contributed by atoms with Gasteiger partial charge in [-0.3, -0.25) is 4.90 Å². The molecule has 3 fully saturated rings. The number of morpholine rings is 1. The molecule has 1 spiro atoms. The van der Waals surface area contributed by atoms with Crippen LogP contribution >= 0.6 is 0 Å². The number of piperazine rings is 1. The molecule has 9 nitrogen and oxygen atoms in total. The molecule has 4 aliphatic rings. The molecule has 0 unspecified atom stereocenters. The van der Waals surface area contributed by atoms with Gasteiger partial charge in [0.25, 0.3) is 0 Å². The molecule has 200 valence electrons. The summed E-state index contributed by atoms with van der Waals surface area (Å²) in [4.78, 5) is 22.1. The van der Waals surface area contributed by atoms with Crippen LogP contribution in [0, 0.1) is 0 Å². The largest absolute Gasteiger partial charge is 0.379 e. The Morgan fingerprint density at radius 1 is 1.00 bits per heavy atom. The molecular weight excluding hydrogens is 466 g/mol. The topological polar surface area (TPSA) is 78.9 Å². The third kappa shape index (κ3) is 5.74. The van der Waals surface area contributed by atoms with Gasteiger partial charge in [-0.2, -0.15) is 0 Å². The van der Waals surface area contributed by atoms with E-state index in [0.717, 1.165) is 126 Å². The molecule has 0 bridgehead atoms. The molecule has 9 heteroatoms. The number of anilines is 2. The maximum Gasteiger partial charge on any atom is 0.163 e. The van der Waals surface area contributed by atoms with Crippen molar-refractivity contribution in [3.05, 3.63) is 29.6 Å². The number of likely N-dealkylation sites (N-methyl/N-ethyl adjacent to an activating group) is 1. The van der Waals surface area contributed by atoms with Gasteiger partial charge in [0.1, 0.15) is 11.6 Å². The van der Waals surface area contributed by atoms with Crippen LogP contribution in [-0.2, 0) is 22.5 Å². The average Bonchev–Trinajstić information content (AvgIpc) is 3.39. The van der Waals surface area contributed by atoms with Crippen molar-refractivity contribution in [3.8, 4) is 11.4 Å². The molecule has 2 aromatic heterocycles. The Morgan fingerprint density at radius 2 is 1.81 bits per heavy atom. The Kier molecular flexibility index (Phi) is 7.55. The van der Waals surface area contributed by atoms with Crippen molar-refractivity contribution in [3.63, 3.8) is 0 Å². The lowest BCUT2D eigenvalue weighted by molar-refractivity contribution is -0.0633. The monoisotopic (exact) mass is 507 g/mol. The fourth-order valence-corrected chi connectivity index (χ4v) is 6.10. The van der Waals surface area contributed by atoms with Gasteiger partial charge in [0, 0.05) is 69.6 Å². The van der Waals surface area contributed by atoms with Crippen LogP contribution in [0.15, 0.2) is 18.3 Å². The van der Waals surface area contributed by atoms with E-state index in [2.05, 4.69) is 39.2 Å². The summed E-state index contributed by atoms with van der Waals surface area (Å²) in [5.41, 5.74) is 3.23. The molecule has 0 atom stereocenters. The summed E-state index contributed by atoms with van der Waals surface area (Å²) in [7, 11) is 2.18. The molecule has 1 N–H and O–H groups in total. The summed E-state index contributed by atoms with van der Waals surface area (Å²) >= 11 is 0. The predicted molar refractivity (Wildman–Crippen MR) is 145 cm³/mol. The van der Waals surface area contributed by atoms with E-state index in [9.17, 15) is 0 Å². The molecular formula is C28H41N7O2. The minimum Gasteiger partial charge on any atom is -0.379 e. The maximum absolute atomic E-state index is 6.47. The standard InChI is InChI=1S/C28H41N7O2/c1-33-11-13-35(14-12-33)25-6-5-22(20-30-25)26-31-24-19-28(7-2-3-8-28)37-21-23(24)27(32-26)29-9-4-10-34-15-17-36-18-16-34/h5-6,20H,2-4,7-19,21H2,1H3,(H,29,31,32). The minimum absolute atomic E-state index is 0.0320. The van der Waals surface area contributed by atoms with Crippen molar-refractivity contribution in [2.24, 2.45) is 0 Å². The Balaban J connectivity index is 1.20. The fourth-order valence-electron chi connectivity index (χ4n) is 6.10. The van der Waals surface area contributed by atoms with Gasteiger partial charge in [-0.15, -0.1) is 0 Å². The zero-order valence-electron chi connectivity index (χ0n) is 22.3. The van der Waals surface area contributed by atoms with E-state index >= 15 is 0 Å². The van der Waals surface area contributed by atoms with Crippen LogP contribution in [0.5, 0.6) is 0 Å². The number of hydrogen-bond donors (Lipinski definition) is 1. The highest BCUT2D eigenvalue weighted by atomic mass is 16.5. The lowest BCUT2D eigenvalue weighted by atomic mass is 9.90. The van der Waals surface area contributed by atoms with Crippen LogP contribution in [0.25, 0.3) is 11.4 Å². The first-order chi connectivity index (χ1) is 18.2. The van der Waals surface area contributed by atoms with Crippen LogP contribution < -0.4 is 10.2 Å². The van der Waals surface area contributed by atoms with Gasteiger partial charge in [0.15, 0.2) is 5.82 Å². The van der Waals surface area contributed by atoms with E-state index < -0.39 is 0 Å². The second-order valence-electron chi connectivity index (χ2n) is 11.1. The predicted octanol–water partition coefficient (Wildman–Crippen LogP) is 2.81. The van der Waals surface area contributed by atoms with Crippen molar-refractivity contribution < 1.29 is 9.47 Å². The first-order valence-corrected chi connectivity index (χ1v) is 14.2. The molecule has 2 aromatic rings. The van der Waals surface area contributed by atoms with Crippen molar-refractivity contribution >= 4 is 11.6 Å². The van der Waals surface area contributed by atoms with Crippen molar-refractivity contribution in [1.82, 2.24) is 24.8 Å². The first-order valence-electron chi connectivity index (χ1n) is 14.2. The second-order valence-corrected chi connectivity index (χ2v) is 11.1. The Labute approximate surface area is 220 Å². The van der Waals surface area contributed by atoms with Gasteiger partial charge in [0.2, 0.25) is 0 Å². The summed E-state index contributed by atoms with van der Waals surface area (Å²) in [5.74, 6) is 2.73. The zero-order valence-corrected chi connectivity index (χ0v) is 22.3. The smallest absolute Gasteiger partial charge is 0.163 e. The van der Waals surface area contributed by atoms with Crippen LogP contribution in [0.4, 0.5) is 11.6 Å². The van der Waals surface area contributed by atoms with E-state index in [-0.39, 0.29) is 5.60 Å². The van der Waals surface area contributed by atoms with E-state index in [4.69, 9.17) is 24.4 Å². The molecule has 2 saturated heterocycles. The lowest BCUT2D eigenvalue weighted by Gasteiger charge is -2.35. The Morgan fingerprint density at radius 3 is 2.57 bits per heavy atom. The molecule has 1 saturated carbocycles. The number of nitrogens with zero attached hydrogens (tertiary/aromatic N) is 6. The van der Waals surface area contributed by atoms with E-state index in [0.29, 0.717) is 6.61 Å². The third-order valence-corrected chi connectivity index (χ3v) is 8.50. The van der Waals surface area contributed by atoms with Gasteiger partial charge in [-0.25, -0.2) is 15.0 Å². The average molecular weight is 508 g/mol. The van der Waals surface area contributed by atoms with Crippen LogP contribution in [0.2, 0.25) is 0 Å². The van der Waals surface area contributed by atoms with Crippen LogP contribution in [0.3, 0.4) is 0 Å². The van der Waals surface area contributed by atoms with Crippen LogP contribution in [0.1, 0.15) is 43.4 Å². The number of hydrogen-bond acceptors (Lipinski definition) is 9. The van der Waals surface area contributed by atoms with Gasteiger partial charge < -0.3 is 24.6 Å². The first kappa shape index (κ1) is 25.0. The highest BCUT2D eigenvalue weighted by Crippen LogP contribution is 2.41. The number of rotatable bonds is 7. The number of ether oxygens (including phenoxy) is 2. The minimum atomic E-state index is -0.0320. The molecule has 1 aliphatic carbocycles. The fraction of sp³-hybridized carbons (Fsp3) is 0.679. The summed E-state index contributed by atoms with van der Waals surface area (Å²) in [6, 6.07) is 4.26. The number of nitrogens with one attached hydrogen (secondary N) is 1. The summed E-state index contributed by atoms with van der Waals surface area (Å²) in [6.07, 6.45) is 8.66. The van der Waals surface area contributed by atoms with Crippen LogP contribution in [-0.4, -0.2) is 103 Å². The quantitative estimate of drug-likeness (QED) is 0.569. The highest BCUT2D eigenvalue weighted by molar-refractivity contribution is 5.61. The summed E-state index contributed by atoms with van der Waals surface area (Å²) < 4.78 is 11.9. The normalized spacial score (nSPS) is 22.4. The summed E-state index contributed by atoms with van der Waals surface area (Å²) in [6.45, 7) is 10.5. The highest BCUT2D eigenvalue weighted by Gasteiger charge is 2.40. The van der Waals surface area contributed by atoms with Crippen molar-refractivity contribution in [1.29, 1.82) is 0 Å². The Hall–Kier alpha value is -2.33. The van der Waals surface area contributed by atoms with E-state index in [1.54, 1.807) is 0 Å². The van der Waals surface area contributed by atoms with E-state index in [1.807, 2.05) is 6.20 Å². The van der Waals surface area contributed by atoms with E-state index in [1.165, 1.54) is 12.8 Å². The third-order valence-electron chi connectivity index (χ3n) is 8.50. The lowest BCUT2D eigenvalue weighted by Crippen LogP contribution is -2.44. The Bertz CT molecular complexity index is 1040. The van der Waals surface area contributed by atoms with Crippen molar-refractivity contribution in [2.75, 3.05) is 82.8 Å². The SMILES string of the molecule is CN1CCN(c2ccc(-c3nc4c(c(NCCCN5CCOCC5)n3)COC3(CCCC3)C4)cn2)CC1. The zero-order chi connectivity index (χ0) is 25.1. The second kappa shape index (κ2) is 11.2. The van der Waals surface area contributed by atoms with Gasteiger partial charge in [0.05, 0.1) is 31.1 Å². The van der Waals surface area contributed by atoms with Crippen molar-refractivity contribution in [2.45, 2.75) is 50.7 Å². The summed E-state index contributed by atoms with van der Waals surface area (Å²) in [5, 5.41) is 3.65. The molecule has 5 heterocycles. The maximum atomic E-state index is 6.47. The van der Waals surface area contributed by atoms with Gasteiger partial charge in [-0.05, 0) is 45.0 Å². The molecule has 37 heavy (non-hydrogen) atoms. The molecule has 3 aliphatic heterocycles. The van der Waals surface area contributed by atoms with Gasteiger partial charge in [-0.1, -0.05) is 12.8 Å². The molecule has 0 amide bonds. The van der Waals surface area contributed by atoms with Gasteiger partial charge >= 0.3 is 0 Å². The molecule has 6 rings (SSSR count). The number of pyridine rings is 1. The molecule has 0 aromatic carbocycles. The number of aromatic nitrogens is 3. The number of fused-ring (bicyclic) bond motifs is 1. The molecule has 0 radical (unpaired) electrons.